The lowest BCUT2D eigenvalue weighted by Crippen LogP contribution is -2.40. The Kier molecular flexibility index (Phi) is 6.13. The van der Waals surface area contributed by atoms with Crippen molar-refractivity contribution in [2.45, 2.75) is 19.0 Å². The van der Waals surface area contributed by atoms with E-state index in [1.54, 1.807) is 23.1 Å². The van der Waals surface area contributed by atoms with Crippen LogP contribution in [0.2, 0.25) is 5.02 Å². The van der Waals surface area contributed by atoms with E-state index in [9.17, 15) is 13.2 Å². The first kappa shape index (κ1) is 20.2. The summed E-state index contributed by atoms with van der Waals surface area (Å²) in [7, 11) is -1.62. The van der Waals surface area contributed by atoms with Gasteiger partial charge in [-0.1, -0.05) is 39.7 Å². The molecular formula is C19H19BrClNO4S. The van der Waals surface area contributed by atoms with Crippen LogP contribution in [0.4, 0.5) is 0 Å². The fraction of sp³-hybridized carbons (Fsp3) is 0.316. The summed E-state index contributed by atoms with van der Waals surface area (Å²) in [6, 6.07) is 12.1. The van der Waals surface area contributed by atoms with Gasteiger partial charge in [-0.05, 0) is 42.3 Å². The number of amides is 1. The van der Waals surface area contributed by atoms with Gasteiger partial charge in [0.05, 0.1) is 23.6 Å². The first-order valence-corrected chi connectivity index (χ1v) is 11.4. The molecule has 5 nitrogen and oxygen atoms in total. The molecule has 0 bridgehead atoms. The summed E-state index contributed by atoms with van der Waals surface area (Å²) in [5, 5.41) is 0.338. The zero-order valence-electron chi connectivity index (χ0n) is 14.7. The van der Waals surface area contributed by atoms with Crippen molar-refractivity contribution < 1.29 is 17.9 Å². The van der Waals surface area contributed by atoms with Gasteiger partial charge in [0.15, 0.2) is 9.84 Å². The van der Waals surface area contributed by atoms with E-state index in [-0.39, 0.29) is 23.5 Å². The van der Waals surface area contributed by atoms with Gasteiger partial charge in [0.1, 0.15) is 5.75 Å². The molecule has 0 N–H and O–H groups in total. The van der Waals surface area contributed by atoms with Gasteiger partial charge in [0.2, 0.25) is 0 Å². The molecule has 0 saturated carbocycles. The normalized spacial score (nSPS) is 18.3. The van der Waals surface area contributed by atoms with Gasteiger partial charge in [-0.3, -0.25) is 4.79 Å². The van der Waals surface area contributed by atoms with E-state index in [0.29, 0.717) is 29.3 Å². The first-order valence-electron chi connectivity index (χ1n) is 8.38. The summed E-state index contributed by atoms with van der Waals surface area (Å²) in [6.45, 7) is 0.322. The lowest BCUT2D eigenvalue weighted by Gasteiger charge is -2.29. The van der Waals surface area contributed by atoms with Crippen molar-refractivity contribution in [3.8, 4) is 5.75 Å². The molecule has 3 rings (SSSR count). The van der Waals surface area contributed by atoms with Crippen LogP contribution >= 0.6 is 27.5 Å². The lowest BCUT2D eigenvalue weighted by molar-refractivity contribution is 0.0681. The molecule has 0 unspecified atom stereocenters. The third kappa shape index (κ3) is 4.83. The van der Waals surface area contributed by atoms with Crippen LogP contribution in [0, 0.1) is 0 Å². The predicted octanol–water partition coefficient (Wildman–Crippen LogP) is 3.94. The van der Waals surface area contributed by atoms with E-state index in [4.69, 9.17) is 16.3 Å². The zero-order valence-corrected chi connectivity index (χ0v) is 17.9. The molecule has 1 fully saturated rings. The van der Waals surface area contributed by atoms with Crippen LogP contribution in [0.1, 0.15) is 22.3 Å². The van der Waals surface area contributed by atoms with Gasteiger partial charge in [0, 0.05) is 22.6 Å². The average molecular weight is 473 g/mol. The van der Waals surface area contributed by atoms with Crippen LogP contribution in [0.5, 0.6) is 5.75 Å². The van der Waals surface area contributed by atoms with Gasteiger partial charge in [-0.15, -0.1) is 0 Å². The van der Waals surface area contributed by atoms with Gasteiger partial charge in [-0.2, -0.15) is 0 Å². The summed E-state index contributed by atoms with van der Waals surface area (Å²) in [4.78, 5) is 14.8. The van der Waals surface area contributed by atoms with Crippen LogP contribution in [-0.2, 0) is 16.4 Å². The quantitative estimate of drug-likeness (QED) is 0.661. The molecule has 144 valence electrons. The Hall–Kier alpha value is -1.57. The standard InChI is InChI=1S/C19H19BrClNO4S/c1-26-18-6-5-14(10-17(18)21)19(23)22(16-7-8-27(24,25)12-16)11-13-3-2-4-15(20)9-13/h2-6,9-10,16H,7-8,11-12H2,1H3/t16-/m1/s1. The minimum atomic E-state index is -3.12. The molecule has 0 aromatic heterocycles. The van der Waals surface area contributed by atoms with Crippen LogP contribution in [0.3, 0.4) is 0 Å². The molecule has 1 aliphatic rings. The van der Waals surface area contributed by atoms with Crippen molar-refractivity contribution in [2.24, 2.45) is 0 Å². The summed E-state index contributed by atoms with van der Waals surface area (Å²) >= 11 is 9.60. The number of hydrogen-bond donors (Lipinski definition) is 0. The number of sulfone groups is 1. The first-order chi connectivity index (χ1) is 12.8. The number of methoxy groups -OCH3 is 1. The molecule has 1 amide bonds. The Morgan fingerprint density at radius 1 is 1.30 bits per heavy atom. The largest absolute Gasteiger partial charge is 0.495 e. The summed E-state index contributed by atoms with van der Waals surface area (Å²) < 4.78 is 30.0. The van der Waals surface area contributed by atoms with Crippen LogP contribution in [-0.4, -0.2) is 43.9 Å². The summed E-state index contributed by atoms with van der Waals surface area (Å²) in [5.74, 6) is 0.316. The predicted molar refractivity (Wildman–Crippen MR) is 109 cm³/mol. The highest BCUT2D eigenvalue weighted by molar-refractivity contribution is 9.10. The highest BCUT2D eigenvalue weighted by Crippen LogP contribution is 2.28. The number of hydrogen-bond acceptors (Lipinski definition) is 4. The van der Waals surface area contributed by atoms with Crippen LogP contribution in [0.25, 0.3) is 0 Å². The van der Waals surface area contributed by atoms with E-state index in [1.165, 1.54) is 7.11 Å². The Balaban J connectivity index is 1.93. The zero-order chi connectivity index (χ0) is 19.6. The van der Waals surface area contributed by atoms with Crippen molar-refractivity contribution >= 4 is 43.3 Å². The monoisotopic (exact) mass is 471 g/mol. The highest BCUT2D eigenvalue weighted by Gasteiger charge is 2.35. The Morgan fingerprint density at radius 2 is 2.07 bits per heavy atom. The van der Waals surface area contributed by atoms with Crippen LogP contribution < -0.4 is 4.74 Å². The number of carbonyl (C=O) groups excluding carboxylic acids is 1. The van der Waals surface area contributed by atoms with Crippen molar-refractivity contribution in [3.05, 3.63) is 63.1 Å². The minimum Gasteiger partial charge on any atom is -0.495 e. The van der Waals surface area contributed by atoms with Gasteiger partial charge < -0.3 is 9.64 Å². The Morgan fingerprint density at radius 3 is 2.67 bits per heavy atom. The van der Waals surface area contributed by atoms with Crippen molar-refractivity contribution in [1.82, 2.24) is 4.90 Å². The number of carbonyl (C=O) groups is 1. The van der Waals surface area contributed by atoms with E-state index in [2.05, 4.69) is 15.9 Å². The maximum absolute atomic E-state index is 13.2. The van der Waals surface area contributed by atoms with E-state index in [0.717, 1.165) is 10.0 Å². The number of nitrogens with zero attached hydrogens (tertiary/aromatic N) is 1. The molecule has 0 aliphatic carbocycles. The van der Waals surface area contributed by atoms with Crippen molar-refractivity contribution in [1.29, 1.82) is 0 Å². The second-order valence-corrected chi connectivity index (χ2v) is 10.0. The smallest absolute Gasteiger partial charge is 0.254 e. The van der Waals surface area contributed by atoms with E-state index in [1.807, 2.05) is 24.3 Å². The molecular weight excluding hydrogens is 454 g/mol. The molecule has 0 radical (unpaired) electrons. The SMILES string of the molecule is COc1ccc(C(=O)N(Cc2cccc(Br)c2)[C@@H]2CCS(=O)(=O)C2)cc1Cl. The van der Waals surface area contributed by atoms with Gasteiger partial charge in [0.25, 0.3) is 5.91 Å². The Bertz CT molecular complexity index is 964. The third-order valence-corrected chi connectivity index (χ3v) is 7.09. The molecule has 1 atom stereocenters. The lowest BCUT2D eigenvalue weighted by atomic mass is 10.1. The maximum Gasteiger partial charge on any atom is 0.254 e. The molecule has 1 saturated heterocycles. The molecule has 27 heavy (non-hydrogen) atoms. The van der Waals surface area contributed by atoms with Crippen molar-refractivity contribution in [3.63, 3.8) is 0 Å². The molecule has 1 heterocycles. The highest BCUT2D eigenvalue weighted by atomic mass is 79.9. The van der Waals surface area contributed by atoms with Crippen LogP contribution in [0.15, 0.2) is 46.9 Å². The second-order valence-electron chi connectivity index (χ2n) is 6.47. The van der Waals surface area contributed by atoms with Crippen molar-refractivity contribution in [2.75, 3.05) is 18.6 Å². The number of halogens is 2. The third-order valence-electron chi connectivity index (χ3n) is 4.55. The second kappa shape index (κ2) is 8.20. The summed E-state index contributed by atoms with van der Waals surface area (Å²) in [6.07, 6.45) is 0.436. The topological polar surface area (TPSA) is 63.7 Å². The average Bonchev–Trinajstić information content (AvgIpc) is 2.98. The number of benzene rings is 2. The minimum absolute atomic E-state index is 0.0172. The molecule has 2 aromatic rings. The van der Waals surface area contributed by atoms with Gasteiger partial charge >= 0.3 is 0 Å². The Labute approximate surface area is 172 Å². The fourth-order valence-corrected chi connectivity index (χ4v) is 5.62. The van der Waals surface area contributed by atoms with E-state index >= 15 is 0 Å². The molecule has 8 heteroatoms. The van der Waals surface area contributed by atoms with Gasteiger partial charge in [-0.25, -0.2) is 8.42 Å². The number of ether oxygens (including phenoxy) is 1. The molecule has 2 aromatic carbocycles. The molecule has 0 spiro atoms. The van der Waals surface area contributed by atoms with E-state index < -0.39 is 9.84 Å². The number of rotatable bonds is 5. The molecule has 1 aliphatic heterocycles. The maximum atomic E-state index is 13.2. The summed E-state index contributed by atoms with van der Waals surface area (Å²) in [5.41, 5.74) is 1.32. The fourth-order valence-electron chi connectivity index (χ4n) is 3.19.